The highest BCUT2D eigenvalue weighted by Crippen LogP contribution is 2.18. The van der Waals surface area contributed by atoms with E-state index in [-0.39, 0.29) is 0 Å². The molecule has 0 aromatic heterocycles. The number of aliphatic imine (C=N–C) groups is 1. The van der Waals surface area contributed by atoms with E-state index in [1.807, 2.05) is 18.2 Å². The minimum Gasteiger partial charge on any atom is -0.493 e. The van der Waals surface area contributed by atoms with Gasteiger partial charge in [0.1, 0.15) is 5.75 Å². The van der Waals surface area contributed by atoms with Crippen molar-refractivity contribution in [2.24, 2.45) is 10.9 Å². The summed E-state index contributed by atoms with van der Waals surface area (Å²) in [5.41, 5.74) is 1.17. The summed E-state index contributed by atoms with van der Waals surface area (Å²) in [6.07, 6.45) is 0. The quantitative estimate of drug-likeness (QED) is 0.882. The second-order valence-electron chi connectivity index (χ2n) is 5.29. The molecule has 1 aromatic carbocycles. The number of nitrogens with zero attached hydrogens (tertiary/aromatic N) is 2. The SMILES string of the molecule is CC(C)COc1ccccc1CNC1=NCCN1C. The zero-order chi connectivity index (χ0) is 13.7. The molecule has 0 radical (unpaired) electrons. The van der Waals surface area contributed by atoms with Gasteiger partial charge in [-0.2, -0.15) is 0 Å². The van der Waals surface area contributed by atoms with Gasteiger partial charge in [-0.05, 0) is 12.0 Å². The molecule has 0 spiro atoms. The molecule has 104 valence electrons. The molecule has 0 amide bonds. The normalized spacial score (nSPS) is 14.7. The second kappa shape index (κ2) is 6.45. The molecule has 19 heavy (non-hydrogen) atoms. The van der Waals surface area contributed by atoms with Crippen molar-refractivity contribution in [3.05, 3.63) is 29.8 Å². The predicted molar refractivity (Wildman–Crippen MR) is 78.5 cm³/mol. The summed E-state index contributed by atoms with van der Waals surface area (Å²) in [6, 6.07) is 8.18. The molecule has 1 aromatic rings. The average Bonchev–Trinajstić information content (AvgIpc) is 2.80. The highest BCUT2D eigenvalue weighted by molar-refractivity contribution is 5.81. The standard InChI is InChI=1S/C15H23N3O/c1-12(2)11-19-14-7-5-4-6-13(14)10-17-15-16-8-9-18(15)3/h4-7,12H,8-11H2,1-3H3,(H,16,17). The summed E-state index contributed by atoms with van der Waals surface area (Å²) in [4.78, 5) is 6.56. The van der Waals surface area contributed by atoms with E-state index in [1.165, 1.54) is 5.56 Å². The van der Waals surface area contributed by atoms with E-state index < -0.39 is 0 Å². The van der Waals surface area contributed by atoms with Crippen LogP contribution in [0.3, 0.4) is 0 Å². The first-order valence-corrected chi connectivity index (χ1v) is 6.87. The van der Waals surface area contributed by atoms with Crippen LogP contribution < -0.4 is 10.1 Å². The van der Waals surface area contributed by atoms with Crippen molar-refractivity contribution >= 4 is 5.96 Å². The van der Waals surface area contributed by atoms with E-state index in [0.29, 0.717) is 5.92 Å². The van der Waals surface area contributed by atoms with E-state index in [2.05, 4.69) is 42.2 Å². The molecule has 1 heterocycles. The maximum Gasteiger partial charge on any atom is 0.194 e. The first kappa shape index (κ1) is 13.7. The van der Waals surface area contributed by atoms with Crippen molar-refractivity contribution < 1.29 is 4.74 Å². The smallest absolute Gasteiger partial charge is 0.194 e. The van der Waals surface area contributed by atoms with Crippen molar-refractivity contribution in [1.29, 1.82) is 0 Å². The number of benzene rings is 1. The zero-order valence-electron chi connectivity index (χ0n) is 12.0. The Morgan fingerprint density at radius 3 is 2.84 bits per heavy atom. The van der Waals surface area contributed by atoms with Crippen molar-refractivity contribution in [2.45, 2.75) is 20.4 Å². The Bertz CT molecular complexity index is 443. The maximum atomic E-state index is 5.85. The van der Waals surface area contributed by atoms with Gasteiger partial charge < -0.3 is 15.0 Å². The van der Waals surface area contributed by atoms with Gasteiger partial charge in [-0.25, -0.2) is 0 Å². The largest absolute Gasteiger partial charge is 0.493 e. The highest BCUT2D eigenvalue weighted by Gasteiger charge is 2.12. The molecular formula is C15H23N3O. The number of guanidine groups is 1. The Balaban J connectivity index is 1.95. The molecule has 0 unspecified atom stereocenters. The van der Waals surface area contributed by atoms with Gasteiger partial charge in [0.15, 0.2) is 5.96 Å². The van der Waals surface area contributed by atoms with E-state index in [1.54, 1.807) is 0 Å². The molecule has 1 aliphatic heterocycles. The number of hydrogen-bond donors (Lipinski definition) is 1. The van der Waals surface area contributed by atoms with Crippen LogP contribution in [-0.2, 0) is 6.54 Å². The molecule has 1 N–H and O–H groups in total. The summed E-state index contributed by atoms with van der Waals surface area (Å²) < 4.78 is 5.85. The molecule has 0 atom stereocenters. The first-order chi connectivity index (χ1) is 9.16. The fourth-order valence-electron chi connectivity index (χ4n) is 1.94. The average molecular weight is 261 g/mol. The molecule has 0 bridgehead atoms. The minimum absolute atomic E-state index is 0.534. The van der Waals surface area contributed by atoms with Crippen LogP contribution in [0.4, 0.5) is 0 Å². The van der Waals surface area contributed by atoms with E-state index in [9.17, 15) is 0 Å². The van der Waals surface area contributed by atoms with Gasteiger partial charge in [0.2, 0.25) is 0 Å². The fraction of sp³-hybridized carbons (Fsp3) is 0.533. The van der Waals surface area contributed by atoms with Crippen molar-refractivity contribution in [1.82, 2.24) is 10.2 Å². The van der Waals surface area contributed by atoms with Crippen LogP contribution in [0, 0.1) is 5.92 Å². The second-order valence-corrected chi connectivity index (χ2v) is 5.29. The van der Waals surface area contributed by atoms with Gasteiger partial charge in [-0.15, -0.1) is 0 Å². The number of likely N-dealkylation sites (N-methyl/N-ethyl adjacent to an activating group) is 1. The van der Waals surface area contributed by atoms with E-state index in [4.69, 9.17) is 4.74 Å². The molecule has 4 nitrogen and oxygen atoms in total. The van der Waals surface area contributed by atoms with Gasteiger partial charge in [-0.3, -0.25) is 4.99 Å². The Kier molecular flexibility index (Phi) is 4.66. The number of hydrogen-bond acceptors (Lipinski definition) is 4. The van der Waals surface area contributed by atoms with Crippen LogP contribution in [0.15, 0.2) is 29.3 Å². The lowest BCUT2D eigenvalue weighted by atomic mass is 10.2. The lowest BCUT2D eigenvalue weighted by Gasteiger charge is -2.17. The van der Waals surface area contributed by atoms with Crippen LogP contribution in [0.5, 0.6) is 5.75 Å². The Labute approximate surface area is 115 Å². The van der Waals surface area contributed by atoms with Crippen LogP contribution in [0.2, 0.25) is 0 Å². The number of para-hydroxylation sites is 1. The van der Waals surface area contributed by atoms with Crippen molar-refractivity contribution in [2.75, 3.05) is 26.7 Å². The van der Waals surface area contributed by atoms with Gasteiger partial charge in [0.25, 0.3) is 0 Å². The summed E-state index contributed by atoms with van der Waals surface area (Å²) in [5, 5.41) is 3.37. The zero-order valence-corrected chi connectivity index (χ0v) is 12.0. The van der Waals surface area contributed by atoms with Crippen molar-refractivity contribution in [3.8, 4) is 5.75 Å². The summed E-state index contributed by atoms with van der Waals surface area (Å²) >= 11 is 0. The van der Waals surface area contributed by atoms with Crippen LogP contribution in [0.1, 0.15) is 19.4 Å². The lowest BCUT2D eigenvalue weighted by molar-refractivity contribution is 0.268. The predicted octanol–water partition coefficient (Wildman–Crippen LogP) is 2.11. The van der Waals surface area contributed by atoms with Gasteiger partial charge in [-0.1, -0.05) is 32.0 Å². The molecule has 4 heteroatoms. The van der Waals surface area contributed by atoms with Crippen molar-refractivity contribution in [3.63, 3.8) is 0 Å². The number of nitrogens with one attached hydrogen (secondary N) is 1. The van der Waals surface area contributed by atoms with E-state index >= 15 is 0 Å². The molecular weight excluding hydrogens is 238 g/mol. The topological polar surface area (TPSA) is 36.9 Å². The Morgan fingerprint density at radius 2 is 2.16 bits per heavy atom. The lowest BCUT2D eigenvalue weighted by Crippen LogP contribution is -2.35. The highest BCUT2D eigenvalue weighted by atomic mass is 16.5. The molecule has 0 saturated carbocycles. The molecule has 2 rings (SSSR count). The van der Waals surface area contributed by atoms with Gasteiger partial charge >= 0.3 is 0 Å². The number of rotatable bonds is 5. The summed E-state index contributed by atoms with van der Waals surface area (Å²) in [6.45, 7) is 7.68. The fourth-order valence-corrected chi connectivity index (χ4v) is 1.94. The van der Waals surface area contributed by atoms with Gasteiger partial charge in [0, 0.05) is 25.7 Å². The molecule has 1 aliphatic rings. The Morgan fingerprint density at radius 1 is 1.37 bits per heavy atom. The van der Waals surface area contributed by atoms with Crippen LogP contribution in [0.25, 0.3) is 0 Å². The Hall–Kier alpha value is -1.71. The summed E-state index contributed by atoms with van der Waals surface area (Å²) in [7, 11) is 2.06. The third kappa shape index (κ3) is 3.88. The maximum absolute atomic E-state index is 5.85. The molecule has 0 aliphatic carbocycles. The van der Waals surface area contributed by atoms with Crippen LogP contribution in [-0.4, -0.2) is 37.6 Å². The summed E-state index contributed by atoms with van der Waals surface area (Å²) in [5.74, 6) is 2.47. The first-order valence-electron chi connectivity index (χ1n) is 6.87. The third-order valence-electron chi connectivity index (χ3n) is 3.04. The van der Waals surface area contributed by atoms with Crippen LogP contribution >= 0.6 is 0 Å². The third-order valence-corrected chi connectivity index (χ3v) is 3.04. The number of ether oxygens (including phenoxy) is 1. The monoisotopic (exact) mass is 261 g/mol. The molecule has 0 fully saturated rings. The minimum atomic E-state index is 0.534. The van der Waals surface area contributed by atoms with Gasteiger partial charge in [0.05, 0.1) is 13.2 Å². The van der Waals surface area contributed by atoms with E-state index in [0.717, 1.165) is 38.0 Å². The molecule has 0 saturated heterocycles.